The van der Waals surface area contributed by atoms with Crippen molar-refractivity contribution in [2.75, 3.05) is 6.61 Å². The van der Waals surface area contributed by atoms with Crippen LogP contribution in [0.1, 0.15) is 75.8 Å². The molecule has 1 N–H and O–H groups in total. The molecular weight excluding hydrogens is 256 g/mol. The Labute approximate surface area is 131 Å². The molecule has 0 saturated heterocycles. The van der Waals surface area contributed by atoms with E-state index in [0.717, 1.165) is 6.42 Å². The molecule has 0 spiro atoms. The number of aryl methyl sites for hydroxylation is 1. The van der Waals surface area contributed by atoms with E-state index < -0.39 is 0 Å². The van der Waals surface area contributed by atoms with Gasteiger partial charge in [-0.3, -0.25) is 0 Å². The van der Waals surface area contributed by atoms with Gasteiger partial charge in [0.05, 0.1) is 0 Å². The Morgan fingerprint density at radius 2 is 1.62 bits per heavy atom. The number of hydrogen-bond acceptors (Lipinski definition) is 1. The lowest BCUT2D eigenvalue weighted by molar-refractivity contribution is 0.214. The van der Waals surface area contributed by atoms with Crippen LogP contribution < -0.4 is 0 Å². The summed E-state index contributed by atoms with van der Waals surface area (Å²) in [7, 11) is 0. The summed E-state index contributed by atoms with van der Waals surface area (Å²) in [5.41, 5.74) is 2.69. The molecule has 1 atom stereocenters. The van der Waals surface area contributed by atoms with Crippen molar-refractivity contribution < 1.29 is 5.11 Å². The molecule has 0 aliphatic heterocycles. The van der Waals surface area contributed by atoms with Gasteiger partial charge in [-0.05, 0) is 31.2 Å². The molecule has 0 fully saturated rings. The molecule has 1 heteroatoms. The average Bonchev–Trinajstić information content (AvgIpc) is 2.48. The SMILES string of the molecule is CCCCCCCCCCC(CO)Cc1cccc(C)c1. The van der Waals surface area contributed by atoms with Crippen molar-refractivity contribution in [3.05, 3.63) is 35.4 Å². The van der Waals surface area contributed by atoms with Crippen LogP contribution in [0.2, 0.25) is 0 Å². The van der Waals surface area contributed by atoms with Crippen molar-refractivity contribution in [2.24, 2.45) is 5.92 Å². The Morgan fingerprint density at radius 1 is 0.952 bits per heavy atom. The summed E-state index contributed by atoms with van der Waals surface area (Å²) in [5.74, 6) is 0.437. The number of unbranched alkanes of at least 4 members (excludes halogenated alkanes) is 7. The van der Waals surface area contributed by atoms with Crippen LogP contribution in [0.15, 0.2) is 24.3 Å². The molecule has 1 aromatic rings. The van der Waals surface area contributed by atoms with Gasteiger partial charge in [-0.2, -0.15) is 0 Å². The van der Waals surface area contributed by atoms with Gasteiger partial charge >= 0.3 is 0 Å². The summed E-state index contributed by atoms with van der Waals surface area (Å²) in [5, 5.41) is 9.56. The van der Waals surface area contributed by atoms with E-state index in [2.05, 4.69) is 38.1 Å². The van der Waals surface area contributed by atoms with Crippen molar-refractivity contribution in [3.63, 3.8) is 0 Å². The van der Waals surface area contributed by atoms with Crippen molar-refractivity contribution in [2.45, 2.75) is 78.1 Å². The van der Waals surface area contributed by atoms with E-state index in [0.29, 0.717) is 12.5 Å². The summed E-state index contributed by atoms with van der Waals surface area (Å²) < 4.78 is 0. The quantitative estimate of drug-likeness (QED) is 0.491. The Hall–Kier alpha value is -0.820. The van der Waals surface area contributed by atoms with E-state index in [1.807, 2.05) is 0 Å². The highest BCUT2D eigenvalue weighted by Gasteiger charge is 2.08. The van der Waals surface area contributed by atoms with Crippen LogP contribution in [0, 0.1) is 12.8 Å². The first-order valence-electron chi connectivity index (χ1n) is 8.92. The van der Waals surface area contributed by atoms with Gasteiger partial charge in [0.15, 0.2) is 0 Å². The minimum atomic E-state index is 0.324. The lowest BCUT2D eigenvalue weighted by atomic mass is 9.93. The van der Waals surface area contributed by atoms with Crippen LogP contribution in [0.5, 0.6) is 0 Å². The minimum absolute atomic E-state index is 0.324. The monoisotopic (exact) mass is 290 g/mol. The summed E-state index contributed by atoms with van der Waals surface area (Å²) >= 11 is 0. The zero-order chi connectivity index (χ0) is 15.3. The maximum Gasteiger partial charge on any atom is 0.0462 e. The molecule has 0 heterocycles. The smallest absolute Gasteiger partial charge is 0.0462 e. The molecule has 120 valence electrons. The Bertz CT molecular complexity index is 359. The topological polar surface area (TPSA) is 20.2 Å². The third kappa shape index (κ3) is 8.93. The van der Waals surface area contributed by atoms with E-state index in [-0.39, 0.29) is 0 Å². The highest BCUT2D eigenvalue weighted by Crippen LogP contribution is 2.17. The molecule has 1 rings (SSSR count). The predicted octanol–water partition coefficient (Wildman–Crippen LogP) is 5.68. The van der Waals surface area contributed by atoms with Crippen LogP contribution in [0.3, 0.4) is 0 Å². The second-order valence-corrected chi connectivity index (χ2v) is 6.51. The Morgan fingerprint density at radius 3 is 2.24 bits per heavy atom. The average molecular weight is 290 g/mol. The zero-order valence-electron chi connectivity index (χ0n) is 14.1. The lowest BCUT2D eigenvalue weighted by Crippen LogP contribution is -2.09. The van der Waals surface area contributed by atoms with Crippen LogP contribution >= 0.6 is 0 Å². The van der Waals surface area contributed by atoms with Crippen molar-refractivity contribution >= 4 is 0 Å². The first-order chi connectivity index (χ1) is 10.3. The van der Waals surface area contributed by atoms with Gasteiger partial charge in [-0.15, -0.1) is 0 Å². The number of aliphatic hydroxyl groups excluding tert-OH is 1. The van der Waals surface area contributed by atoms with Gasteiger partial charge in [-0.1, -0.05) is 88.1 Å². The van der Waals surface area contributed by atoms with Crippen LogP contribution in [0.25, 0.3) is 0 Å². The van der Waals surface area contributed by atoms with E-state index in [1.54, 1.807) is 0 Å². The van der Waals surface area contributed by atoms with E-state index in [1.165, 1.54) is 68.9 Å². The maximum atomic E-state index is 9.56. The fraction of sp³-hybridized carbons (Fsp3) is 0.700. The highest BCUT2D eigenvalue weighted by molar-refractivity contribution is 5.22. The first-order valence-corrected chi connectivity index (χ1v) is 8.92. The standard InChI is InChI=1S/C20H34O/c1-3-4-5-6-7-8-9-10-13-20(17-21)16-19-14-11-12-18(2)15-19/h11-12,14-15,20-21H,3-10,13,16-17H2,1-2H3. The van der Waals surface area contributed by atoms with E-state index in [4.69, 9.17) is 0 Å². The molecule has 21 heavy (non-hydrogen) atoms. The first kappa shape index (κ1) is 18.2. The molecule has 0 aliphatic rings. The number of hydrogen-bond donors (Lipinski definition) is 1. The maximum absolute atomic E-state index is 9.56. The molecule has 0 radical (unpaired) electrons. The highest BCUT2D eigenvalue weighted by atomic mass is 16.3. The van der Waals surface area contributed by atoms with Crippen molar-refractivity contribution in [1.29, 1.82) is 0 Å². The number of rotatable bonds is 12. The third-order valence-electron chi connectivity index (χ3n) is 4.33. The molecule has 0 saturated carbocycles. The fourth-order valence-corrected chi connectivity index (χ4v) is 3.00. The third-order valence-corrected chi connectivity index (χ3v) is 4.33. The Balaban J connectivity index is 2.11. The molecule has 0 aromatic heterocycles. The minimum Gasteiger partial charge on any atom is -0.396 e. The largest absolute Gasteiger partial charge is 0.396 e. The van der Waals surface area contributed by atoms with E-state index in [9.17, 15) is 5.11 Å². The normalized spacial score (nSPS) is 12.5. The second kappa shape index (κ2) is 11.8. The van der Waals surface area contributed by atoms with Gasteiger partial charge in [-0.25, -0.2) is 0 Å². The summed E-state index contributed by atoms with van der Waals surface area (Å²) in [6.07, 6.45) is 13.1. The van der Waals surface area contributed by atoms with Gasteiger partial charge < -0.3 is 5.11 Å². The van der Waals surface area contributed by atoms with Crippen LogP contribution in [-0.2, 0) is 6.42 Å². The second-order valence-electron chi connectivity index (χ2n) is 6.51. The summed E-state index contributed by atoms with van der Waals surface area (Å²) in [4.78, 5) is 0. The van der Waals surface area contributed by atoms with Crippen molar-refractivity contribution in [1.82, 2.24) is 0 Å². The molecule has 1 unspecified atom stereocenters. The molecule has 0 amide bonds. The molecule has 0 aliphatic carbocycles. The summed E-state index contributed by atoms with van der Waals surface area (Å²) in [6.45, 7) is 4.73. The van der Waals surface area contributed by atoms with Gasteiger partial charge in [0.2, 0.25) is 0 Å². The van der Waals surface area contributed by atoms with Crippen LogP contribution in [-0.4, -0.2) is 11.7 Å². The predicted molar refractivity (Wildman–Crippen MR) is 92.7 cm³/mol. The lowest BCUT2D eigenvalue weighted by Gasteiger charge is -2.14. The van der Waals surface area contributed by atoms with Gasteiger partial charge in [0.1, 0.15) is 0 Å². The summed E-state index contributed by atoms with van der Waals surface area (Å²) in [6, 6.07) is 8.69. The number of benzene rings is 1. The van der Waals surface area contributed by atoms with Crippen molar-refractivity contribution in [3.8, 4) is 0 Å². The molecule has 1 nitrogen and oxygen atoms in total. The van der Waals surface area contributed by atoms with Crippen LogP contribution in [0.4, 0.5) is 0 Å². The van der Waals surface area contributed by atoms with E-state index >= 15 is 0 Å². The molecule has 1 aromatic carbocycles. The van der Waals surface area contributed by atoms with Gasteiger partial charge in [0.25, 0.3) is 0 Å². The van der Waals surface area contributed by atoms with Gasteiger partial charge in [0, 0.05) is 6.61 Å². The number of aliphatic hydroxyl groups is 1. The fourth-order valence-electron chi connectivity index (χ4n) is 3.00. The molecule has 0 bridgehead atoms. The zero-order valence-corrected chi connectivity index (χ0v) is 14.1. The Kier molecular flexibility index (Phi) is 10.2. The molecular formula is C20H34O.